The normalized spacial score (nSPS) is 11.6. The zero-order chi connectivity index (χ0) is 20.8. The van der Waals surface area contributed by atoms with Crippen LogP contribution in [0.3, 0.4) is 0 Å². The van der Waals surface area contributed by atoms with Crippen LogP contribution >= 0.6 is 23.1 Å². The quantitative estimate of drug-likeness (QED) is 0.308. The van der Waals surface area contributed by atoms with Crippen molar-refractivity contribution in [3.8, 4) is 22.4 Å². The number of fused-ring (bicyclic) bond motifs is 3. The fraction of sp³-hybridized carbons (Fsp3) is 0.0909. The second-order valence-electron chi connectivity index (χ2n) is 6.86. The van der Waals surface area contributed by atoms with Crippen molar-refractivity contribution < 1.29 is 8.83 Å². The van der Waals surface area contributed by atoms with Crippen molar-refractivity contribution >= 4 is 39.6 Å². The van der Waals surface area contributed by atoms with E-state index in [1.54, 1.807) is 29.4 Å². The Balaban J connectivity index is 1.42. The zero-order valence-corrected chi connectivity index (χ0v) is 18.0. The molecule has 31 heavy (non-hydrogen) atoms. The van der Waals surface area contributed by atoms with Crippen LogP contribution in [-0.2, 0) is 5.75 Å². The Kier molecular flexibility index (Phi) is 4.36. The molecule has 0 atom stereocenters. The topological polar surface area (TPSA) is 82.2 Å². The molecular weight excluding hydrogens is 430 g/mol. The van der Waals surface area contributed by atoms with E-state index in [4.69, 9.17) is 13.8 Å². The molecule has 9 heteroatoms. The molecule has 5 heterocycles. The van der Waals surface area contributed by atoms with E-state index < -0.39 is 0 Å². The van der Waals surface area contributed by atoms with Crippen LogP contribution in [0.15, 0.2) is 74.2 Å². The van der Waals surface area contributed by atoms with Gasteiger partial charge in [0.1, 0.15) is 5.76 Å². The molecule has 6 aromatic rings. The number of hydrogen-bond acceptors (Lipinski definition) is 8. The molecule has 0 amide bonds. The Bertz CT molecular complexity index is 1500. The zero-order valence-electron chi connectivity index (χ0n) is 16.3. The van der Waals surface area contributed by atoms with Crippen molar-refractivity contribution in [3.05, 3.63) is 71.6 Å². The van der Waals surface area contributed by atoms with Gasteiger partial charge in [0.2, 0.25) is 5.89 Å². The fourth-order valence-electron chi connectivity index (χ4n) is 3.42. The number of thiophene rings is 1. The first-order valence-corrected chi connectivity index (χ1v) is 11.5. The molecule has 0 saturated carbocycles. The lowest BCUT2D eigenvalue weighted by Crippen LogP contribution is -1.99. The molecule has 0 spiro atoms. The molecule has 0 unspecified atom stereocenters. The molecule has 0 fully saturated rings. The summed E-state index contributed by atoms with van der Waals surface area (Å²) in [6.45, 7) is 1.94. The van der Waals surface area contributed by atoms with Gasteiger partial charge in [0, 0.05) is 11.1 Å². The molecule has 7 nitrogen and oxygen atoms in total. The molecule has 6 rings (SSSR count). The highest BCUT2D eigenvalue weighted by atomic mass is 32.2. The summed E-state index contributed by atoms with van der Waals surface area (Å²) in [5, 5.41) is 12.6. The van der Waals surface area contributed by atoms with Gasteiger partial charge < -0.3 is 8.83 Å². The van der Waals surface area contributed by atoms with Gasteiger partial charge in [-0.05, 0) is 42.6 Å². The van der Waals surface area contributed by atoms with Crippen LogP contribution in [-0.4, -0.2) is 24.6 Å². The number of hydrogen-bond donors (Lipinski definition) is 0. The summed E-state index contributed by atoms with van der Waals surface area (Å²) >= 11 is 3.15. The minimum Gasteiger partial charge on any atom is -0.461 e. The Hall–Kier alpha value is -3.43. The van der Waals surface area contributed by atoms with Crippen LogP contribution in [0.5, 0.6) is 0 Å². The maximum absolute atomic E-state index is 5.87. The lowest BCUT2D eigenvalue weighted by Gasteiger charge is -2.07. The fourth-order valence-corrected chi connectivity index (χ4v) is 5.01. The minimum absolute atomic E-state index is 0.603. The number of rotatable bonds is 5. The van der Waals surface area contributed by atoms with Crippen molar-refractivity contribution in [3.63, 3.8) is 0 Å². The molecule has 0 bridgehead atoms. The van der Waals surface area contributed by atoms with Crippen LogP contribution in [0.4, 0.5) is 0 Å². The summed E-state index contributed by atoms with van der Waals surface area (Å²) < 4.78 is 13.5. The summed E-state index contributed by atoms with van der Waals surface area (Å²) in [6.07, 6.45) is 1.64. The van der Waals surface area contributed by atoms with Crippen LogP contribution in [0, 0.1) is 6.92 Å². The van der Waals surface area contributed by atoms with Crippen molar-refractivity contribution in [2.45, 2.75) is 17.8 Å². The number of furan rings is 1. The van der Waals surface area contributed by atoms with Crippen LogP contribution in [0.1, 0.15) is 11.5 Å². The maximum Gasteiger partial charge on any atom is 0.236 e. The summed E-state index contributed by atoms with van der Waals surface area (Å²) in [7, 11) is 0. The van der Waals surface area contributed by atoms with E-state index in [-0.39, 0.29) is 0 Å². The predicted octanol–water partition coefficient (Wildman–Crippen LogP) is 5.85. The van der Waals surface area contributed by atoms with E-state index in [0.29, 0.717) is 23.2 Å². The third-order valence-corrected chi connectivity index (χ3v) is 6.72. The van der Waals surface area contributed by atoms with Crippen molar-refractivity contribution in [2.24, 2.45) is 0 Å². The lowest BCUT2D eigenvalue weighted by atomic mass is 10.2. The van der Waals surface area contributed by atoms with E-state index in [0.717, 1.165) is 38.0 Å². The standard InChI is InChI=1S/C22H15N5O2S2/c1-13-16(24-21(29-13)18-9-5-11-30-18)12-31-22-26-25-19-14-6-2-3-7-15(14)23-20(27(19)22)17-8-4-10-28-17/h2-11H,12H2,1H3. The molecular formula is C22H15N5O2S2. The first-order valence-electron chi connectivity index (χ1n) is 9.58. The van der Waals surface area contributed by atoms with Gasteiger partial charge in [0.05, 0.1) is 22.4 Å². The third kappa shape index (κ3) is 3.13. The Morgan fingerprint density at radius 1 is 1.03 bits per heavy atom. The Labute approximate surface area is 184 Å². The highest BCUT2D eigenvalue weighted by molar-refractivity contribution is 7.98. The number of aromatic nitrogens is 5. The van der Waals surface area contributed by atoms with Crippen molar-refractivity contribution in [2.75, 3.05) is 0 Å². The molecule has 0 radical (unpaired) electrons. The molecule has 152 valence electrons. The predicted molar refractivity (Wildman–Crippen MR) is 120 cm³/mol. The monoisotopic (exact) mass is 445 g/mol. The van der Waals surface area contributed by atoms with Crippen LogP contribution < -0.4 is 0 Å². The molecule has 0 aliphatic carbocycles. The number of para-hydroxylation sites is 1. The van der Waals surface area contributed by atoms with Crippen LogP contribution in [0.2, 0.25) is 0 Å². The molecule has 1 aromatic carbocycles. The van der Waals surface area contributed by atoms with E-state index in [2.05, 4.69) is 15.2 Å². The van der Waals surface area contributed by atoms with E-state index in [9.17, 15) is 0 Å². The highest BCUT2D eigenvalue weighted by Gasteiger charge is 2.19. The first kappa shape index (κ1) is 18.3. The van der Waals surface area contributed by atoms with Gasteiger partial charge in [-0.2, -0.15) is 0 Å². The second kappa shape index (κ2) is 7.36. The SMILES string of the molecule is Cc1oc(-c2cccs2)nc1CSc1nnc2c3ccccc3nc(-c3ccco3)n12. The molecule has 5 aromatic heterocycles. The molecule has 0 aliphatic rings. The van der Waals surface area contributed by atoms with Gasteiger partial charge in [-0.1, -0.05) is 30.0 Å². The van der Waals surface area contributed by atoms with Gasteiger partial charge in [-0.15, -0.1) is 21.5 Å². The first-order chi connectivity index (χ1) is 15.3. The average molecular weight is 446 g/mol. The van der Waals surface area contributed by atoms with Crippen molar-refractivity contribution in [1.29, 1.82) is 0 Å². The van der Waals surface area contributed by atoms with Gasteiger partial charge in [0.25, 0.3) is 0 Å². The summed E-state index contributed by atoms with van der Waals surface area (Å²) in [5.41, 5.74) is 2.48. The second-order valence-corrected chi connectivity index (χ2v) is 8.75. The smallest absolute Gasteiger partial charge is 0.236 e. The van der Waals surface area contributed by atoms with E-state index in [1.807, 2.05) is 65.2 Å². The number of thioether (sulfide) groups is 1. The minimum atomic E-state index is 0.603. The Morgan fingerprint density at radius 2 is 1.97 bits per heavy atom. The maximum atomic E-state index is 5.87. The average Bonchev–Trinajstić information content (AvgIpc) is 3.59. The van der Waals surface area contributed by atoms with Gasteiger partial charge in [-0.3, -0.25) is 4.40 Å². The summed E-state index contributed by atoms with van der Waals surface area (Å²) in [4.78, 5) is 10.5. The van der Waals surface area contributed by atoms with Crippen LogP contribution in [0.25, 0.3) is 38.9 Å². The number of aryl methyl sites for hydroxylation is 1. The number of benzene rings is 1. The van der Waals surface area contributed by atoms with Gasteiger partial charge in [-0.25, -0.2) is 9.97 Å². The largest absolute Gasteiger partial charge is 0.461 e. The number of oxazole rings is 1. The van der Waals surface area contributed by atoms with Crippen molar-refractivity contribution in [1.82, 2.24) is 24.6 Å². The van der Waals surface area contributed by atoms with E-state index >= 15 is 0 Å². The molecule has 0 N–H and O–H groups in total. The third-order valence-electron chi connectivity index (χ3n) is 4.92. The van der Waals surface area contributed by atoms with Gasteiger partial charge >= 0.3 is 0 Å². The number of nitrogens with zero attached hydrogens (tertiary/aromatic N) is 5. The Morgan fingerprint density at radius 3 is 2.81 bits per heavy atom. The summed E-state index contributed by atoms with van der Waals surface area (Å²) in [6, 6.07) is 15.6. The lowest BCUT2D eigenvalue weighted by molar-refractivity contribution is 0.542. The molecule has 0 aliphatic heterocycles. The summed E-state index contributed by atoms with van der Waals surface area (Å²) in [5.74, 6) is 3.39. The molecule has 0 saturated heterocycles. The van der Waals surface area contributed by atoms with Gasteiger partial charge in [0.15, 0.2) is 22.4 Å². The highest BCUT2D eigenvalue weighted by Crippen LogP contribution is 2.32. The van der Waals surface area contributed by atoms with E-state index in [1.165, 1.54) is 0 Å².